The lowest BCUT2D eigenvalue weighted by Crippen LogP contribution is -2.52. The Morgan fingerprint density at radius 1 is 1.12 bits per heavy atom. The van der Waals surface area contributed by atoms with Gasteiger partial charge in [0.25, 0.3) is 11.8 Å². The van der Waals surface area contributed by atoms with E-state index >= 15 is 0 Å². The van der Waals surface area contributed by atoms with Gasteiger partial charge in [0.2, 0.25) is 11.8 Å². The first kappa shape index (κ1) is 21.3. The normalized spacial score (nSPS) is 22.0. The third-order valence-corrected chi connectivity index (χ3v) is 6.88. The summed E-state index contributed by atoms with van der Waals surface area (Å²) in [6, 6.07) is 8.77. The summed E-state index contributed by atoms with van der Waals surface area (Å²) in [5.41, 5.74) is 3.06. The second kappa shape index (κ2) is 7.79. The van der Waals surface area contributed by atoms with Crippen LogP contribution >= 0.6 is 0 Å². The van der Waals surface area contributed by atoms with Gasteiger partial charge in [-0.3, -0.25) is 24.5 Å². The number of carbonyl (C=O) groups is 4. The predicted molar refractivity (Wildman–Crippen MR) is 118 cm³/mol. The van der Waals surface area contributed by atoms with Crippen LogP contribution in [0.25, 0.3) is 0 Å². The molecule has 0 aromatic heterocycles. The zero-order valence-corrected chi connectivity index (χ0v) is 18.4. The Labute approximate surface area is 190 Å². The SMILES string of the molecule is CC(C)C1CN(C(=O)c2ccc3c(c2)CN(C2CCC(=O)NC2=O)C3=O)c2cc(F)ccc21. The molecule has 7 nitrogen and oxygen atoms in total. The van der Waals surface area contributed by atoms with Crippen molar-refractivity contribution in [3.63, 3.8) is 0 Å². The summed E-state index contributed by atoms with van der Waals surface area (Å²) in [5.74, 6) is -1.34. The molecule has 0 bridgehead atoms. The van der Waals surface area contributed by atoms with Gasteiger partial charge in [-0.25, -0.2) is 4.39 Å². The van der Waals surface area contributed by atoms with Crippen molar-refractivity contribution in [1.29, 1.82) is 0 Å². The fraction of sp³-hybridized carbons (Fsp3) is 0.360. The van der Waals surface area contributed by atoms with Gasteiger partial charge in [-0.05, 0) is 53.8 Å². The van der Waals surface area contributed by atoms with E-state index < -0.39 is 17.8 Å². The van der Waals surface area contributed by atoms with Crippen molar-refractivity contribution in [2.24, 2.45) is 5.92 Å². The lowest BCUT2D eigenvalue weighted by atomic mass is 9.90. The fourth-order valence-electron chi connectivity index (χ4n) is 5.08. The van der Waals surface area contributed by atoms with E-state index in [4.69, 9.17) is 0 Å². The number of nitrogens with one attached hydrogen (secondary N) is 1. The minimum Gasteiger partial charge on any atom is -0.322 e. The Bertz CT molecular complexity index is 1210. The lowest BCUT2D eigenvalue weighted by molar-refractivity contribution is -0.136. The number of nitrogens with zero attached hydrogens (tertiary/aromatic N) is 2. The Kier molecular flexibility index (Phi) is 5.03. The van der Waals surface area contributed by atoms with Crippen molar-refractivity contribution in [1.82, 2.24) is 10.2 Å². The molecule has 5 rings (SSSR count). The summed E-state index contributed by atoms with van der Waals surface area (Å²) in [4.78, 5) is 53.1. The van der Waals surface area contributed by atoms with Gasteiger partial charge < -0.3 is 9.80 Å². The smallest absolute Gasteiger partial charge is 0.258 e. The average Bonchev–Trinajstić information content (AvgIpc) is 3.31. The van der Waals surface area contributed by atoms with Crippen LogP contribution in [-0.4, -0.2) is 41.1 Å². The first-order chi connectivity index (χ1) is 15.7. The molecule has 2 atom stereocenters. The molecular formula is C25H24FN3O4. The molecule has 1 saturated heterocycles. The Morgan fingerprint density at radius 2 is 1.91 bits per heavy atom. The second-order valence-electron chi connectivity index (χ2n) is 9.24. The first-order valence-electron chi connectivity index (χ1n) is 11.1. The number of rotatable bonds is 3. The topological polar surface area (TPSA) is 86.8 Å². The maximum absolute atomic E-state index is 14.0. The fourth-order valence-corrected chi connectivity index (χ4v) is 5.08. The number of carbonyl (C=O) groups excluding carboxylic acids is 4. The first-order valence-corrected chi connectivity index (χ1v) is 11.1. The molecule has 3 heterocycles. The Morgan fingerprint density at radius 3 is 2.64 bits per heavy atom. The number of halogens is 1. The number of piperidine rings is 1. The van der Waals surface area contributed by atoms with Crippen molar-refractivity contribution in [3.05, 3.63) is 64.5 Å². The van der Waals surface area contributed by atoms with Crippen LogP contribution in [0.15, 0.2) is 36.4 Å². The molecule has 0 aliphatic carbocycles. The minimum atomic E-state index is -0.706. The molecular weight excluding hydrogens is 425 g/mol. The monoisotopic (exact) mass is 449 g/mol. The highest BCUT2D eigenvalue weighted by molar-refractivity contribution is 6.09. The van der Waals surface area contributed by atoms with E-state index in [1.54, 1.807) is 29.2 Å². The summed E-state index contributed by atoms with van der Waals surface area (Å²) < 4.78 is 14.0. The van der Waals surface area contributed by atoms with E-state index in [2.05, 4.69) is 19.2 Å². The number of amides is 4. The highest BCUT2D eigenvalue weighted by atomic mass is 19.1. The van der Waals surface area contributed by atoms with Crippen molar-refractivity contribution < 1.29 is 23.6 Å². The summed E-state index contributed by atoms with van der Waals surface area (Å²) in [6.07, 6.45) is 0.463. The highest BCUT2D eigenvalue weighted by Crippen LogP contribution is 2.41. The Hall–Kier alpha value is -3.55. The van der Waals surface area contributed by atoms with E-state index in [-0.39, 0.29) is 48.9 Å². The number of hydrogen-bond acceptors (Lipinski definition) is 4. The highest BCUT2D eigenvalue weighted by Gasteiger charge is 2.40. The third-order valence-electron chi connectivity index (χ3n) is 6.88. The molecule has 2 aromatic rings. The number of anilines is 1. The molecule has 1 fully saturated rings. The van der Waals surface area contributed by atoms with Gasteiger partial charge in [-0.15, -0.1) is 0 Å². The molecule has 0 saturated carbocycles. The molecule has 3 aliphatic rings. The van der Waals surface area contributed by atoms with E-state index in [1.165, 1.54) is 17.0 Å². The number of fused-ring (bicyclic) bond motifs is 2. The molecule has 0 radical (unpaired) electrons. The van der Waals surface area contributed by atoms with E-state index in [1.807, 2.05) is 0 Å². The maximum atomic E-state index is 14.0. The van der Waals surface area contributed by atoms with Crippen LogP contribution in [0.1, 0.15) is 64.4 Å². The van der Waals surface area contributed by atoms with Crippen LogP contribution in [-0.2, 0) is 16.1 Å². The summed E-state index contributed by atoms with van der Waals surface area (Å²) in [5, 5.41) is 2.28. The van der Waals surface area contributed by atoms with Crippen LogP contribution in [0.4, 0.5) is 10.1 Å². The van der Waals surface area contributed by atoms with Gasteiger partial charge in [0.15, 0.2) is 0 Å². The quantitative estimate of drug-likeness (QED) is 0.730. The lowest BCUT2D eigenvalue weighted by Gasteiger charge is -2.29. The summed E-state index contributed by atoms with van der Waals surface area (Å²) in [7, 11) is 0. The number of imide groups is 1. The molecule has 2 unspecified atom stereocenters. The molecule has 3 aliphatic heterocycles. The maximum Gasteiger partial charge on any atom is 0.258 e. The number of hydrogen-bond donors (Lipinski definition) is 1. The zero-order chi connectivity index (χ0) is 23.4. The van der Waals surface area contributed by atoms with Crippen molar-refractivity contribution in [2.75, 3.05) is 11.4 Å². The standard InChI is InChI=1S/C25H24FN3O4/c1-13(2)19-12-29(21-10-16(26)4-6-18(19)21)24(32)14-3-5-17-15(9-14)11-28(25(17)33)20-7-8-22(30)27-23(20)31/h3-6,9-10,13,19-20H,7-8,11-12H2,1-2H3,(H,27,30,31). The minimum absolute atomic E-state index is 0.114. The van der Waals surface area contributed by atoms with Crippen LogP contribution < -0.4 is 10.2 Å². The van der Waals surface area contributed by atoms with Gasteiger partial charge >= 0.3 is 0 Å². The second-order valence-corrected chi connectivity index (χ2v) is 9.24. The number of benzene rings is 2. The molecule has 4 amide bonds. The van der Waals surface area contributed by atoms with Gasteiger partial charge in [0.05, 0.1) is 5.69 Å². The van der Waals surface area contributed by atoms with Crippen LogP contribution in [0, 0.1) is 11.7 Å². The third kappa shape index (κ3) is 3.50. The molecule has 170 valence electrons. The van der Waals surface area contributed by atoms with Gasteiger partial charge in [0.1, 0.15) is 11.9 Å². The molecule has 8 heteroatoms. The largest absolute Gasteiger partial charge is 0.322 e. The van der Waals surface area contributed by atoms with Gasteiger partial charge in [-0.2, -0.15) is 0 Å². The van der Waals surface area contributed by atoms with Gasteiger partial charge in [-0.1, -0.05) is 19.9 Å². The summed E-state index contributed by atoms with van der Waals surface area (Å²) in [6.45, 7) is 4.82. The van der Waals surface area contributed by atoms with Gasteiger partial charge in [0, 0.05) is 36.6 Å². The van der Waals surface area contributed by atoms with Crippen molar-refractivity contribution in [3.8, 4) is 0 Å². The molecule has 2 aromatic carbocycles. The molecule has 0 spiro atoms. The van der Waals surface area contributed by atoms with E-state index in [9.17, 15) is 23.6 Å². The Balaban J connectivity index is 1.42. The van der Waals surface area contributed by atoms with Crippen LogP contribution in [0.5, 0.6) is 0 Å². The van der Waals surface area contributed by atoms with Crippen LogP contribution in [0.2, 0.25) is 0 Å². The molecule has 1 N–H and O–H groups in total. The van der Waals surface area contributed by atoms with Crippen LogP contribution in [0.3, 0.4) is 0 Å². The predicted octanol–water partition coefficient (Wildman–Crippen LogP) is 2.99. The van der Waals surface area contributed by atoms with Crippen molar-refractivity contribution >= 4 is 29.3 Å². The van der Waals surface area contributed by atoms with E-state index in [0.717, 1.165) is 5.56 Å². The van der Waals surface area contributed by atoms with Crippen molar-refractivity contribution in [2.45, 2.75) is 45.2 Å². The molecule has 33 heavy (non-hydrogen) atoms. The average molecular weight is 449 g/mol. The zero-order valence-electron chi connectivity index (χ0n) is 18.4. The summed E-state index contributed by atoms with van der Waals surface area (Å²) >= 11 is 0. The van der Waals surface area contributed by atoms with E-state index in [0.29, 0.717) is 28.9 Å².